The van der Waals surface area contributed by atoms with Gasteiger partial charge < -0.3 is 5.11 Å². The molecule has 1 atom stereocenters. The Hall–Kier alpha value is -0.0800. The number of aliphatic hydroxyl groups is 1. The van der Waals surface area contributed by atoms with Crippen molar-refractivity contribution in [1.29, 1.82) is 0 Å². The van der Waals surface area contributed by atoms with Gasteiger partial charge >= 0.3 is 0 Å². The second-order valence-corrected chi connectivity index (χ2v) is 5.44. The minimum atomic E-state index is -0.543. The Kier molecular flexibility index (Phi) is 3.03. The van der Waals surface area contributed by atoms with Crippen LogP contribution in [-0.2, 0) is 0 Å². The van der Waals surface area contributed by atoms with Crippen LogP contribution >= 0.6 is 0 Å². The third-order valence-corrected chi connectivity index (χ3v) is 3.10. The van der Waals surface area contributed by atoms with Crippen molar-refractivity contribution in [2.24, 2.45) is 5.41 Å². The number of rotatable bonds is 3. The molecule has 2 heteroatoms. The van der Waals surface area contributed by atoms with Gasteiger partial charge in [0.05, 0.1) is 5.60 Å². The van der Waals surface area contributed by atoms with Gasteiger partial charge in [0.1, 0.15) is 0 Å². The number of β-amino-alcohol motifs (C(OH)–C–C–N with tert-alkyl or cyclic N) is 1. The molecule has 0 aliphatic carbocycles. The molecule has 0 aromatic heterocycles. The normalized spacial score (nSPS) is 31.2. The third-order valence-electron chi connectivity index (χ3n) is 3.10. The molecule has 0 saturated carbocycles. The van der Waals surface area contributed by atoms with E-state index in [2.05, 4.69) is 18.7 Å². The van der Waals surface area contributed by atoms with Crippen molar-refractivity contribution in [3.8, 4) is 0 Å². The summed E-state index contributed by atoms with van der Waals surface area (Å²) in [5, 5.41) is 9.68. The largest absolute Gasteiger partial charge is 0.389 e. The van der Waals surface area contributed by atoms with Crippen LogP contribution in [0.4, 0.5) is 0 Å². The maximum absolute atomic E-state index is 9.68. The van der Waals surface area contributed by atoms with E-state index < -0.39 is 5.60 Å². The van der Waals surface area contributed by atoms with E-state index >= 15 is 0 Å². The molecule has 0 bridgehead atoms. The summed E-state index contributed by atoms with van der Waals surface area (Å²) in [5.74, 6) is 0. The molecule has 1 fully saturated rings. The molecular formula is C11H23NO. The predicted molar refractivity (Wildman–Crippen MR) is 55.8 cm³/mol. The minimum Gasteiger partial charge on any atom is -0.389 e. The van der Waals surface area contributed by atoms with Gasteiger partial charge in [-0.2, -0.15) is 0 Å². The van der Waals surface area contributed by atoms with E-state index in [0.717, 1.165) is 19.6 Å². The highest BCUT2D eigenvalue weighted by Crippen LogP contribution is 2.33. The fraction of sp³-hybridized carbons (Fsp3) is 1.00. The van der Waals surface area contributed by atoms with Gasteiger partial charge in [-0.05, 0) is 38.6 Å². The molecule has 0 aromatic carbocycles. The first-order valence-corrected chi connectivity index (χ1v) is 5.29. The molecule has 0 unspecified atom stereocenters. The van der Waals surface area contributed by atoms with E-state index in [1.54, 1.807) is 0 Å². The molecule has 0 spiro atoms. The van der Waals surface area contributed by atoms with E-state index in [1.807, 2.05) is 13.8 Å². The monoisotopic (exact) mass is 185 g/mol. The average molecular weight is 185 g/mol. The second-order valence-electron chi connectivity index (χ2n) is 5.44. The van der Waals surface area contributed by atoms with Gasteiger partial charge in [-0.25, -0.2) is 0 Å². The van der Waals surface area contributed by atoms with Gasteiger partial charge in [0.25, 0.3) is 0 Å². The van der Waals surface area contributed by atoms with Crippen LogP contribution < -0.4 is 0 Å². The summed E-state index contributed by atoms with van der Waals surface area (Å²) in [5.41, 5.74) is -0.0513. The van der Waals surface area contributed by atoms with E-state index in [4.69, 9.17) is 0 Å². The van der Waals surface area contributed by atoms with Gasteiger partial charge in [0, 0.05) is 13.1 Å². The molecule has 1 saturated heterocycles. The number of nitrogens with zero attached hydrogens (tertiary/aromatic N) is 1. The molecule has 78 valence electrons. The summed E-state index contributed by atoms with van der Waals surface area (Å²) in [7, 11) is 0. The molecule has 1 N–H and O–H groups in total. The van der Waals surface area contributed by atoms with Crippen molar-refractivity contribution in [2.45, 2.75) is 46.1 Å². The molecule has 2 nitrogen and oxygen atoms in total. The van der Waals surface area contributed by atoms with Crippen LogP contribution in [0.15, 0.2) is 0 Å². The summed E-state index contributed by atoms with van der Waals surface area (Å²) in [6.45, 7) is 11.5. The van der Waals surface area contributed by atoms with Crippen molar-refractivity contribution in [3.05, 3.63) is 0 Å². The molecule has 0 radical (unpaired) electrons. The van der Waals surface area contributed by atoms with E-state index in [-0.39, 0.29) is 0 Å². The van der Waals surface area contributed by atoms with Crippen LogP contribution in [0.5, 0.6) is 0 Å². The highest BCUT2D eigenvalue weighted by atomic mass is 16.3. The van der Waals surface area contributed by atoms with Gasteiger partial charge in [0.2, 0.25) is 0 Å². The first-order chi connectivity index (χ1) is 5.85. The first-order valence-electron chi connectivity index (χ1n) is 5.29. The number of hydrogen-bond acceptors (Lipinski definition) is 2. The zero-order chi connectivity index (χ0) is 10.1. The molecule has 1 aliphatic heterocycles. The fourth-order valence-corrected chi connectivity index (χ4v) is 2.10. The van der Waals surface area contributed by atoms with Crippen molar-refractivity contribution < 1.29 is 5.11 Å². The Balaban J connectivity index is 2.42. The van der Waals surface area contributed by atoms with E-state index in [1.165, 1.54) is 12.8 Å². The number of hydrogen-bond donors (Lipinski definition) is 1. The topological polar surface area (TPSA) is 23.5 Å². The van der Waals surface area contributed by atoms with Gasteiger partial charge in [-0.1, -0.05) is 13.8 Å². The third kappa shape index (κ3) is 3.28. The zero-order valence-electron chi connectivity index (χ0n) is 9.43. The van der Waals surface area contributed by atoms with Gasteiger partial charge in [-0.3, -0.25) is 4.90 Å². The minimum absolute atomic E-state index is 0.491. The van der Waals surface area contributed by atoms with Crippen molar-refractivity contribution in [2.75, 3.05) is 19.6 Å². The van der Waals surface area contributed by atoms with Crippen LogP contribution in [0.3, 0.4) is 0 Å². The quantitative estimate of drug-likeness (QED) is 0.725. The van der Waals surface area contributed by atoms with Crippen molar-refractivity contribution >= 4 is 0 Å². The zero-order valence-corrected chi connectivity index (χ0v) is 9.43. The first kappa shape index (κ1) is 11.0. The van der Waals surface area contributed by atoms with Crippen LogP contribution in [0.25, 0.3) is 0 Å². The Morgan fingerprint density at radius 3 is 2.46 bits per heavy atom. The highest BCUT2D eigenvalue weighted by molar-refractivity contribution is 4.87. The molecule has 1 aliphatic rings. The van der Waals surface area contributed by atoms with Crippen molar-refractivity contribution in [1.82, 2.24) is 4.90 Å². The maximum Gasteiger partial charge on any atom is 0.0718 e. The summed E-state index contributed by atoms with van der Waals surface area (Å²) >= 11 is 0. The molecule has 13 heavy (non-hydrogen) atoms. The molecule has 1 heterocycles. The standard InChI is InChI=1S/C11H23NO/c1-5-11(4)6-7-12(9-11)8-10(2,3)13/h13H,5-9H2,1-4H3/t11-/m1/s1. The molecular weight excluding hydrogens is 162 g/mol. The van der Waals surface area contributed by atoms with Crippen LogP contribution in [0.2, 0.25) is 0 Å². The van der Waals surface area contributed by atoms with Gasteiger partial charge in [0.15, 0.2) is 0 Å². The lowest BCUT2D eigenvalue weighted by molar-refractivity contribution is 0.0406. The summed E-state index contributed by atoms with van der Waals surface area (Å²) in [4.78, 5) is 2.38. The predicted octanol–water partition coefficient (Wildman–Crippen LogP) is 1.88. The van der Waals surface area contributed by atoms with E-state index in [0.29, 0.717) is 5.41 Å². The SMILES string of the molecule is CC[C@]1(C)CCN(CC(C)(C)O)C1. The molecule has 0 amide bonds. The Bertz CT molecular complexity index is 173. The Labute approximate surface area is 81.9 Å². The molecule has 1 rings (SSSR count). The summed E-state index contributed by atoms with van der Waals surface area (Å²) in [6.07, 6.45) is 2.52. The van der Waals surface area contributed by atoms with Crippen LogP contribution in [-0.4, -0.2) is 35.2 Å². The smallest absolute Gasteiger partial charge is 0.0718 e. The van der Waals surface area contributed by atoms with Crippen molar-refractivity contribution in [3.63, 3.8) is 0 Å². The fourth-order valence-electron chi connectivity index (χ4n) is 2.10. The van der Waals surface area contributed by atoms with Gasteiger partial charge in [-0.15, -0.1) is 0 Å². The summed E-state index contributed by atoms with van der Waals surface area (Å²) in [6, 6.07) is 0. The highest BCUT2D eigenvalue weighted by Gasteiger charge is 2.33. The second kappa shape index (κ2) is 3.58. The lowest BCUT2D eigenvalue weighted by atomic mass is 9.87. The van der Waals surface area contributed by atoms with E-state index in [9.17, 15) is 5.11 Å². The average Bonchev–Trinajstić information content (AvgIpc) is 2.30. The number of likely N-dealkylation sites (tertiary alicyclic amines) is 1. The lowest BCUT2D eigenvalue weighted by Gasteiger charge is -2.27. The maximum atomic E-state index is 9.68. The summed E-state index contributed by atoms with van der Waals surface area (Å²) < 4.78 is 0. The van der Waals surface area contributed by atoms with Crippen LogP contribution in [0, 0.1) is 5.41 Å². The lowest BCUT2D eigenvalue weighted by Crippen LogP contribution is -2.38. The molecule has 0 aromatic rings. The van der Waals surface area contributed by atoms with Crippen LogP contribution in [0.1, 0.15) is 40.5 Å². The Morgan fingerprint density at radius 2 is 2.08 bits per heavy atom. The Morgan fingerprint density at radius 1 is 1.46 bits per heavy atom.